The molecule has 0 N–H and O–H groups in total. The third-order valence-electron chi connectivity index (χ3n) is 2.73. The van der Waals surface area contributed by atoms with Crippen molar-refractivity contribution in [2.75, 3.05) is 0 Å². The van der Waals surface area contributed by atoms with Crippen LogP contribution in [0.3, 0.4) is 0 Å². The van der Waals surface area contributed by atoms with Crippen molar-refractivity contribution in [1.82, 2.24) is 0 Å². The molecule has 2 aromatic rings. The Morgan fingerprint density at radius 3 is 1.95 bits per heavy atom. The van der Waals surface area contributed by atoms with Crippen molar-refractivity contribution in [3.63, 3.8) is 0 Å². The van der Waals surface area contributed by atoms with Crippen LogP contribution in [0, 0.1) is 0 Å². The van der Waals surface area contributed by atoms with E-state index in [0.717, 1.165) is 16.9 Å². The highest BCUT2D eigenvalue weighted by molar-refractivity contribution is 7.58. The molecular weight excluding hydrogens is 315 g/mol. The number of ketones is 1. The Morgan fingerprint density at radius 1 is 0.909 bits per heavy atom. The summed E-state index contributed by atoms with van der Waals surface area (Å²) in [4.78, 5) is 13.0. The highest BCUT2D eigenvalue weighted by atomic mass is 32.1. The monoisotopic (exact) mass is 330 g/mol. The Labute approximate surface area is 131 Å². The average Bonchev–Trinajstić information content (AvgIpc) is 2.45. The van der Waals surface area contributed by atoms with Gasteiger partial charge < -0.3 is 17.3 Å². The lowest BCUT2D eigenvalue weighted by molar-refractivity contribution is 0.0982. The van der Waals surface area contributed by atoms with Gasteiger partial charge in [-0.3, -0.25) is 4.79 Å². The number of carbonyl (C=O) groups excluding carboxylic acids is 1. The molecule has 2 aromatic carbocycles. The molecule has 22 heavy (non-hydrogen) atoms. The molecule has 0 saturated heterocycles. The van der Waals surface area contributed by atoms with Gasteiger partial charge in [0.05, 0.1) is 0 Å². The van der Waals surface area contributed by atoms with Crippen LogP contribution >= 0.6 is 0 Å². The van der Waals surface area contributed by atoms with E-state index >= 15 is 0 Å². The Balaban J connectivity index is 0.000000422. The third-order valence-corrected chi connectivity index (χ3v) is 3.22. The number of rotatable bonds is 4. The lowest BCUT2D eigenvalue weighted by Gasteiger charge is -2.01. The van der Waals surface area contributed by atoms with Crippen LogP contribution in [0.4, 0.5) is 17.3 Å². The van der Waals surface area contributed by atoms with Crippen LogP contribution in [0.15, 0.2) is 59.5 Å². The van der Waals surface area contributed by atoms with Gasteiger partial charge in [0.1, 0.15) is 0 Å². The number of hydrogen-bond acceptors (Lipinski definition) is 1. The molecule has 0 heterocycles. The summed E-state index contributed by atoms with van der Waals surface area (Å²) in [5.41, 5.74) is 1.97. The van der Waals surface area contributed by atoms with Gasteiger partial charge in [-0.25, -0.2) is 0 Å². The Bertz CT molecular complexity index is 596. The summed E-state index contributed by atoms with van der Waals surface area (Å²) in [6, 6.07) is 17.4. The van der Waals surface area contributed by atoms with Crippen LogP contribution < -0.4 is 0 Å². The van der Waals surface area contributed by atoms with E-state index < -0.39 is 7.25 Å². The Hall–Kier alpha value is -1.76. The highest BCUT2D eigenvalue weighted by Gasteiger charge is 2.20. The molecule has 2 rings (SSSR count). The molecule has 0 spiro atoms. The second-order valence-corrected chi connectivity index (χ2v) is 4.98. The zero-order chi connectivity index (χ0) is 16.6. The average molecular weight is 330 g/mol. The first kappa shape index (κ1) is 18.3. The summed E-state index contributed by atoms with van der Waals surface area (Å²) in [7, 11) is -6.00. The van der Waals surface area contributed by atoms with Crippen LogP contribution in [0.1, 0.15) is 22.3 Å². The Kier molecular flexibility index (Phi) is 7.18. The van der Waals surface area contributed by atoms with E-state index in [2.05, 4.69) is 12.6 Å². The van der Waals surface area contributed by atoms with Crippen molar-refractivity contribution in [2.24, 2.45) is 0 Å². The van der Waals surface area contributed by atoms with Crippen molar-refractivity contribution in [1.29, 1.82) is 0 Å². The fraction of sp³-hybridized carbons (Fsp3) is 0.133. The minimum absolute atomic E-state index is 0.195. The molecule has 1 nitrogen and oxygen atoms in total. The zero-order valence-corrected chi connectivity index (χ0v) is 12.6. The van der Waals surface area contributed by atoms with Gasteiger partial charge in [0.2, 0.25) is 0 Å². The number of aryl methyl sites for hydroxylation is 1. The second-order valence-electron chi connectivity index (χ2n) is 4.44. The van der Waals surface area contributed by atoms with Gasteiger partial charge in [0.25, 0.3) is 0 Å². The summed E-state index contributed by atoms with van der Waals surface area (Å²) >= 11 is 3.54. The normalized spacial score (nSPS) is 10.6. The van der Waals surface area contributed by atoms with Crippen LogP contribution in [-0.2, 0) is 19.0 Å². The maximum Gasteiger partial charge on any atom is 0.673 e. The fourth-order valence-corrected chi connectivity index (χ4v) is 2.06. The van der Waals surface area contributed by atoms with E-state index in [1.807, 2.05) is 54.6 Å². The maximum absolute atomic E-state index is 11.9. The molecule has 0 unspecified atom stereocenters. The van der Waals surface area contributed by atoms with E-state index in [9.17, 15) is 22.1 Å². The number of halogens is 4. The summed E-state index contributed by atoms with van der Waals surface area (Å²) in [6.07, 6.45) is 1.32. The van der Waals surface area contributed by atoms with Crippen molar-refractivity contribution in [2.45, 2.75) is 17.7 Å². The van der Waals surface area contributed by atoms with Crippen molar-refractivity contribution < 1.29 is 22.1 Å². The molecule has 0 amide bonds. The topological polar surface area (TPSA) is 17.1 Å². The molecular formula is C15H15BF4OS. The molecule has 0 saturated carbocycles. The molecule has 0 aromatic heterocycles. The Morgan fingerprint density at radius 2 is 1.41 bits per heavy atom. The van der Waals surface area contributed by atoms with Crippen molar-refractivity contribution in [3.8, 4) is 0 Å². The van der Waals surface area contributed by atoms with Gasteiger partial charge in [-0.2, -0.15) is 0 Å². The van der Waals surface area contributed by atoms with Crippen molar-refractivity contribution in [3.05, 3.63) is 65.7 Å². The van der Waals surface area contributed by atoms with E-state index in [1.165, 1.54) is 5.56 Å². The van der Waals surface area contributed by atoms with Gasteiger partial charge in [0.15, 0.2) is 10.7 Å². The number of carbonyl (C=O) groups is 1. The molecule has 0 aliphatic heterocycles. The highest BCUT2D eigenvalue weighted by Crippen LogP contribution is 2.12. The van der Waals surface area contributed by atoms with Gasteiger partial charge in [0, 0.05) is 17.5 Å². The summed E-state index contributed by atoms with van der Waals surface area (Å²) in [5.74, 6) is 0.195. The summed E-state index contributed by atoms with van der Waals surface area (Å²) in [6.45, 7) is 0. The van der Waals surface area contributed by atoms with Crippen LogP contribution in [-0.4, -0.2) is 13.0 Å². The maximum atomic E-state index is 11.9. The predicted molar refractivity (Wildman–Crippen MR) is 84.1 cm³/mol. The van der Waals surface area contributed by atoms with Crippen molar-refractivity contribution >= 4 is 25.7 Å². The van der Waals surface area contributed by atoms with Gasteiger partial charge in [-0.05, 0) is 25.1 Å². The standard InChI is InChI=1S/C15H14OS.BF4/c16-14(12-6-2-1-3-7-12)11-10-13-8-4-5-9-15(13)17;2-1(3,4)5/h1-9,17H,10-11H2;/q;-1/p+1. The first-order valence-electron chi connectivity index (χ1n) is 6.52. The van der Waals surface area contributed by atoms with Crippen LogP contribution in [0.2, 0.25) is 0 Å². The third kappa shape index (κ3) is 7.88. The van der Waals surface area contributed by atoms with Gasteiger partial charge in [-0.1, -0.05) is 48.5 Å². The molecule has 0 aliphatic carbocycles. The largest absolute Gasteiger partial charge is 0.673 e. The first-order valence-corrected chi connectivity index (χ1v) is 7.02. The quantitative estimate of drug-likeness (QED) is 0.356. The summed E-state index contributed by atoms with van der Waals surface area (Å²) < 4.78 is 39.0. The lowest BCUT2D eigenvalue weighted by atomic mass is 10.0. The molecule has 0 aliphatic rings. The van der Waals surface area contributed by atoms with E-state index in [0.29, 0.717) is 6.42 Å². The number of hydrogen-bond donors (Lipinski definition) is 0. The SMILES string of the molecule is F[B-](F)(F)F.O=C(CCc1ccccc1[SH2+])c1ccccc1. The van der Waals surface area contributed by atoms with E-state index in [1.54, 1.807) is 0 Å². The number of Topliss-reactive ketones (excluding diaryl/α,β-unsaturated/α-hetero) is 1. The summed E-state index contributed by atoms with van der Waals surface area (Å²) in [5, 5.41) is 0. The molecule has 0 bridgehead atoms. The molecule has 0 fully saturated rings. The second kappa shape index (κ2) is 8.63. The van der Waals surface area contributed by atoms with E-state index in [-0.39, 0.29) is 5.78 Å². The van der Waals surface area contributed by atoms with Gasteiger partial charge >= 0.3 is 7.25 Å². The smallest absolute Gasteiger partial charge is 0.418 e. The predicted octanol–water partition coefficient (Wildman–Crippen LogP) is 4.17. The van der Waals surface area contributed by atoms with Gasteiger partial charge in [-0.15, -0.1) is 0 Å². The van der Waals surface area contributed by atoms with Crippen LogP contribution in [0.25, 0.3) is 0 Å². The molecule has 7 heteroatoms. The zero-order valence-electron chi connectivity index (χ0n) is 11.6. The minimum Gasteiger partial charge on any atom is -0.418 e. The van der Waals surface area contributed by atoms with E-state index in [4.69, 9.17) is 0 Å². The van der Waals surface area contributed by atoms with Crippen LogP contribution in [0.5, 0.6) is 0 Å². The molecule has 0 atom stereocenters. The number of benzene rings is 2. The fourth-order valence-electron chi connectivity index (χ4n) is 1.75. The minimum atomic E-state index is -6.00. The first-order chi connectivity index (χ1) is 10.3. The molecule has 0 radical (unpaired) electrons. The lowest BCUT2D eigenvalue weighted by Crippen LogP contribution is -2.02. The molecule has 118 valence electrons.